The molecule has 0 aromatic heterocycles. The van der Waals surface area contributed by atoms with Gasteiger partial charge in [0.05, 0.1) is 0 Å². The third-order valence-corrected chi connectivity index (χ3v) is 7.30. The van der Waals surface area contributed by atoms with Gasteiger partial charge in [-0.15, -0.1) is 0 Å². The molecule has 0 atom stereocenters. The third-order valence-electron chi connectivity index (χ3n) is 7.30. The first-order valence-corrected chi connectivity index (χ1v) is 12.2. The summed E-state index contributed by atoms with van der Waals surface area (Å²) in [6.45, 7) is 0.871. The van der Waals surface area contributed by atoms with Crippen molar-refractivity contribution in [3.05, 3.63) is 82.7 Å². The molecule has 3 aromatic rings. The highest BCUT2D eigenvalue weighted by atomic mass is 19.2. The zero-order chi connectivity index (χ0) is 23.2. The minimum atomic E-state index is -0.863. The van der Waals surface area contributed by atoms with Gasteiger partial charge in [-0.2, -0.15) is 0 Å². The van der Waals surface area contributed by atoms with Crippen LogP contribution in [0, 0.1) is 29.3 Å². The molecule has 4 heteroatoms. The van der Waals surface area contributed by atoms with Crippen LogP contribution in [0.15, 0.2) is 48.5 Å². The average Bonchev–Trinajstić information content (AvgIpc) is 2.83. The minimum absolute atomic E-state index is 0.212. The molecule has 1 aliphatic rings. The predicted octanol–water partition coefficient (Wildman–Crippen LogP) is 7.82. The third kappa shape index (κ3) is 6.17. The summed E-state index contributed by atoms with van der Waals surface area (Å²) >= 11 is 0. The van der Waals surface area contributed by atoms with Crippen LogP contribution in [0.1, 0.15) is 55.2 Å². The summed E-state index contributed by atoms with van der Waals surface area (Å²) in [4.78, 5) is 0. The van der Waals surface area contributed by atoms with Gasteiger partial charge in [0.15, 0.2) is 11.6 Å². The summed E-state index contributed by atoms with van der Waals surface area (Å²) in [5, 5.41) is 1.55. The van der Waals surface area contributed by atoms with E-state index in [9.17, 15) is 8.78 Å². The van der Waals surface area contributed by atoms with Gasteiger partial charge in [0, 0.05) is 19.1 Å². The van der Waals surface area contributed by atoms with Gasteiger partial charge >= 0.3 is 0 Å². The van der Waals surface area contributed by atoms with Gasteiger partial charge in [-0.1, -0.05) is 62.1 Å². The van der Waals surface area contributed by atoms with Crippen molar-refractivity contribution in [2.24, 2.45) is 11.8 Å². The standard InChI is InChI=1S/C29H33F3O/c1-33-17-16-21-4-2-20(3-5-21)6-7-22-9-14-26-25(18-22)13-12-24(29(26)32)11-8-23-10-15-27(30)28(31)19-23/h9-10,12-15,18-21H,2-8,11,16-17H2,1H3. The van der Waals surface area contributed by atoms with E-state index in [0.29, 0.717) is 29.4 Å². The largest absolute Gasteiger partial charge is 0.385 e. The molecule has 33 heavy (non-hydrogen) atoms. The second-order valence-corrected chi connectivity index (χ2v) is 9.55. The normalized spacial score (nSPS) is 18.7. The van der Waals surface area contributed by atoms with Crippen LogP contribution in [-0.2, 0) is 24.0 Å². The van der Waals surface area contributed by atoms with Crippen molar-refractivity contribution >= 4 is 10.8 Å². The second-order valence-electron chi connectivity index (χ2n) is 9.55. The van der Waals surface area contributed by atoms with Crippen molar-refractivity contribution in [1.82, 2.24) is 0 Å². The highest BCUT2D eigenvalue weighted by Crippen LogP contribution is 2.33. The molecule has 176 valence electrons. The second kappa shape index (κ2) is 11.2. The Kier molecular flexibility index (Phi) is 8.08. The fraction of sp³-hybridized carbons (Fsp3) is 0.448. The average molecular weight is 455 g/mol. The summed E-state index contributed by atoms with van der Waals surface area (Å²) < 4.78 is 46.9. The van der Waals surface area contributed by atoms with Crippen molar-refractivity contribution in [3.8, 4) is 0 Å². The zero-order valence-electron chi connectivity index (χ0n) is 19.4. The number of fused-ring (bicyclic) bond motifs is 1. The molecule has 3 aromatic carbocycles. The summed E-state index contributed by atoms with van der Waals surface area (Å²) in [7, 11) is 1.78. The lowest BCUT2D eigenvalue weighted by atomic mass is 9.78. The van der Waals surface area contributed by atoms with E-state index in [-0.39, 0.29) is 5.82 Å². The number of hydrogen-bond donors (Lipinski definition) is 0. The number of aryl methyl sites for hydroxylation is 3. The van der Waals surface area contributed by atoms with E-state index in [1.54, 1.807) is 13.2 Å². The van der Waals surface area contributed by atoms with Crippen LogP contribution >= 0.6 is 0 Å². The first-order valence-electron chi connectivity index (χ1n) is 12.2. The topological polar surface area (TPSA) is 9.23 Å². The maximum Gasteiger partial charge on any atom is 0.159 e. The van der Waals surface area contributed by atoms with Crippen LogP contribution in [0.3, 0.4) is 0 Å². The number of methoxy groups -OCH3 is 1. The Morgan fingerprint density at radius 1 is 0.727 bits per heavy atom. The van der Waals surface area contributed by atoms with E-state index in [1.807, 2.05) is 18.2 Å². The molecule has 1 nitrogen and oxygen atoms in total. The Bertz CT molecular complexity index is 1070. The highest BCUT2D eigenvalue weighted by molar-refractivity contribution is 5.84. The van der Waals surface area contributed by atoms with Crippen LogP contribution in [-0.4, -0.2) is 13.7 Å². The lowest BCUT2D eigenvalue weighted by Gasteiger charge is -2.28. The lowest BCUT2D eigenvalue weighted by molar-refractivity contribution is 0.155. The molecular formula is C29H33F3O. The Labute approximate surface area is 195 Å². The van der Waals surface area contributed by atoms with E-state index >= 15 is 4.39 Å². The zero-order valence-corrected chi connectivity index (χ0v) is 19.4. The van der Waals surface area contributed by atoms with Gasteiger partial charge in [-0.3, -0.25) is 0 Å². The number of halogens is 3. The first kappa shape index (κ1) is 23.8. The van der Waals surface area contributed by atoms with E-state index in [4.69, 9.17) is 4.74 Å². The van der Waals surface area contributed by atoms with E-state index in [0.717, 1.165) is 36.3 Å². The Morgan fingerprint density at radius 3 is 2.15 bits per heavy atom. The van der Waals surface area contributed by atoms with Gasteiger partial charge in [0.1, 0.15) is 5.82 Å². The SMILES string of the molecule is COCCC1CCC(CCc2ccc3c(F)c(CCc4ccc(F)c(F)c4)ccc3c2)CC1. The fourth-order valence-corrected chi connectivity index (χ4v) is 5.17. The number of hydrogen-bond acceptors (Lipinski definition) is 1. The number of ether oxygens (including phenoxy) is 1. The predicted molar refractivity (Wildman–Crippen MR) is 128 cm³/mol. The van der Waals surface area contributed by atoms with Crippen molar-refractivity contribution < 1.29 is 17.9 Å². The molecule has 0 heterocycles. The molecule has 0 radical (unpaired) electrons. The molecule has 0 amide bonds. The van der Waals surface area contributed by atoms with Crippen LogP contribution in [0.4, 0.5) is 13.2 Å². The molecule has 4 rings (SSSR count). The first-order chi connectivity index (χ1) is 16.0. The van der Waals surface area contributed by atoms with Gasteiger partial charge in [-0.05, 0) is 78.1 Å². The smallest absolute Gasteiger partial charge is 0.159 e. The van der Waals surface area contributed by atoms with E-state index < -0.39 is 11.6 Å². The lowest BCUT2D eigenvalue weighted by Crippen LogP contribution is -2.16. The maximum absolute atomic E-state index is 15.1. The van der Waals surface area contributed by atoms with E-state index in [1.165, 1.54) is 50.2 Å². The summed E-state index contributed by atoms with van der Waals surface area (Å²) in [5.41, 5.74) is 2.53. The van der Waals surface area contributed by atoms with Gasteiger partial charge in [0.25, 0.3) is 0 Å². The molecule has 0 saturated heterocycles. The molecule has 0 N–H and O–H groups in total. The molecule has 0 aliphatic heterocycles. The quantitative estimate of drug-likeness (QED) is 0.320. The van der Waals surface area contributed by atoms with Crippen LogP contribution < -0.4 is 0 Å². The minimum Gasteiger partial charge on any atom is -0.385 e. The molecule has 0 bridgehead atoms. The fourth-order valence-electron chi connectivity index (χ4n) is 5.17. The monoisotopic (exact) mass is 454 g/mol. The van der Waals surface area contributed by atoms with Gasteiger partial charge in [0.2, 0.25) is 0 Å². The molecule has 0 unspecified atom stereocenters. The number of benzene rings is 3. The summed E-state index contributed by atoms with van der Waals surface area (Å²) in [6, 6.07) is 13.7. The van der Waals surface area contributed by atoms with Crippen LogP contribution in [0.2, 0.25) is 0 Å². The highest BCUT2D eigenvalue weighted by Gasteiger charge is 2.21. The van der Waals surface area contributed by atoms with Crippen LogP contribution in [0.5, 0.6) is 0 Å². The van der Waals surface area contributed by atoms with Crippen molar-refractivity contribution in [1.29, 1.82) is 0 Å². The van der Waals surface area contributed by atoms with Crippen LogP contribution in [0.25, 0.3) is 10.8 Å². The maximum atomic E-state index is 15.1. The molecule has 1 saturated carbocycles. The summed E-state index contributed by atoms with van der Waals surface area (Å²) in [5.74, 6) is -0.327. The molecule has 0 spiro atoms. The molecular weight excluding hydrogens is 421 g/mol. The molecule has 1 aliphatic carbocycles. The number of rotatable bonds is 9. The van der Waals surface area contributed by atoms with Crippen molar-refractivity contribution in [2.75, 3.05) is 13.7 Å². The summed E-state index contributed by atoms with van der Waals surface area (Å²) in [6.07, 6.45) is 9.54. The Hall–Kier alpha value is -2.33. The molecule has 1 fully saturated rings. The van der Waals surface area contributed by atoms with Crippen molar-refractivity contribution in [2.45, 2.75) is 57.8 Å². The van der Waals surface area contributed by atoms with Gasteiger partial charge < -0.3 is 4.74 Å². The van der Waals surface area contributed by atoms with Gasteiger partial charge in [-0.25, -0.2) is 13.2 Å². The van der Waals surface area contributed by atoms with E-state index in [2.05, 4.69) is 12.1 Å². The van der Waals surface area contributed by atoms with Crippen molar-refractivity contribution in [3.63, 3.8) is 0 Å². The Balaban J connectivity index is 1.34. The Morgan fingerprint density at radius 2 is 1.42 bits per heavy atom.